The highest BCUT2D eigenvalue weighted by atomic mass is 16.6. The largest absolute Gasteiger partial charge is 0.341 e. The fraction of sp³-hybridized carbons (Fsp3) is 0.0556. The lowest BCUT2D eigenvalue weighted by molar-refractivity contribution is -0.384. The molecule has 0 fully saturated rings. The molecule has 0 saturated heterocycles. The zero-order valence-electron chi connectivity index (χ0n) is 14.7. The number of hydrogen-bond acceptors (Lipinski definition) is 5. The number of aromatic nitrogens is 2. The molecule has 0 bridgehead atoms. The van der Waals surface area contributed by atoms with Gasteiger partial charge in [-0.2, -0.15) is 0 Å². The first-order chi connectivity index (χ1) is 13.5. The second-order valence-electron chi connectivity index (χ2n) is 5.67. The molecule has 28 heavy (non-hydrogen) atoms. The Morgan fingerprint density at radius 1 is 1.11 bits per heavy atom. The predicted octanol–water partition coefficient (Wildman–Crippen LogP) is 2.78. The minimum Gasteiger partial charge on any atom is -0.341 e. The first-order valence-corrected chi connectivity index (χ1v) is 8.15. The number of amides is 3. The van der Waals surface area contributed by atoms with E-state index in [0.29, 0.717) is 17.1 Å². The summed E-state index contributed by atoms with van der Waals surface area (Å²) in [5.41, 5.74) is 1.12. The van der Waals surface area contributed by atoms with E-state index in [9.17, 15) is 19.7 Å². The van der Waals surface area contributed by atoms with E-state index in [2.05, 4.69) is 20.9 Å². The Balaban J connectivity index is 1.83. The Kier molecular flexibility index (Phi) is 5.30. The van der Waals surface area contributed by atoms with Crippen molar-refractivity contribution in [2.45, 2.75) is 0 Å². The van der Waals surface area contributed by atoms with Crippen LogP contribution in [0.5, 0.6) is 0 Å². The van der Waals surface area contributed by atoms with E-state index in [1.165, 1.54) is 42.3 Å². The van der Waals surface area contributed by atoms with Gasteiger partial charge in [-0.15, -0.1) is 0 Å². The van der Waals surface area contributed by atoms with Crippen molar-refractivity contribution in [3.8, 4) is 5.69 Å². The molecule has 3 aromatic rings. The van der Waals surface area contributed by atoms with Crippen LogP contribution in [0, 0.1) is 10.1 Å². The molecule has 3 amide bonds. The van der Waals surface area contributed by atoms with Crippen LogP contribution in [0.3, 0.4) is 0 Å². The lowest BCUT2D eigenvalue weighted by atomic mass is 10.1. The molecule has 10 nitrogen and oxygen atoms in total. The zero-order chi connectivity index (χ0) is 20.1. The van der Waals surface area contributed by atoms with Gasteiger partial charge in [0.1, 0.15) is 5.69 Å². The SMILES string of the molecule is CNC(=O)Nc1cccc(NC(=O)c2ccc(-n3ccnc3)c([N+](=O)[O-])c2)c1. The summed E-state index contributed by atoms with van der Waals surface area (Å²) < 4.78 is 1.49. The molecule has 1 heterocycles. The highest BCUT2D eigenvalue weighted by Gasteiger charge is 2.19. The number of nitro benzene ring substituents is 1. The summed E-state index contributed by atoms with van der Waals surface area (Å²) >= 11 is 0. The summed E-state index contributed by atoms with van der Waals surface area (Å²) in [5.74, 6) is -0.516. The van der Waals surface area contributed by atoms with Crippen molar-refractivity contribution in [2.24, 2.45) is 0 Å². The van der Waals surface area contributed by atoms with Gasteiger partial charge < -0.3 is 20.5 Å². The third-order valence-corrected chi connectivity index (χ3v) is 3.82. The van der Waals surface area contributed by atoms with Gasteiger partial charge in [0.15, 0.2) is 0 Å². The summed E-state index contributed by atoms with van der Waals surface area (Å²) in [6.07, 6.45) is 4.52. The van der Waals surface area contributed by atoms with Gasteiger partial charge in [0, 0.05) is 42.4 Å². The van der Waals surface area contributed by atoms with Crippen LogP contribution in [0.1, 0.15) is 10.4 Å². The number of anilines is 2. The zero-order valence-corrected chi connectivity index (χ0v) is 14.7. The lowest BCUT2D eigenvalue weighted by Gasteiger charge is -2.10. The number of imidazole rings is 1. The van der Waals surface area contributed by atoms with Crippen LogP contribution in [0.15, 0.2) is 61.2 Å². The maximum absolute atomic E-state index is 12.5. The first kappa shape index (κ1) is 18.6. The number of carbonyl (C=O) groups is 2. The van der Waals surface area contributed by atoms with Crippen molar-refractivity contribution >= 4 is 29.0 Å². The van der Waals surface area contributed by atoms with Crippen molar-refractivity contribution in [2.75, 3.05) is 17.7 Å². The highest BCUT2D eigenvalue weighted by molar-refractivity contribution is 6.05. The maximum Gasteiger partial charge on any atom is 0.318 e. The number of hydrogen-bond donors (Lipinski definition) is 3. The molecule has 3 rings (SSSR count). The normalized spacial score (nSPS) is 10.2. The Labute approximate surface area is 159 Å². The molecular weight excluding hydrogens is 364 g/mol. The fourth-order valence-corrected chi connectivity index (χ4v) is 2.50. The minimum atomic E-state index is -0.556. The van der Waals surface area contributed by atoms with Crippen LogP contribution in [0.2, 0.25) is 0 Å². The van der Waals surface area contributed by atoms with Crippen molar-refractivity contribution in [3.63, 3.8) is 0 Å². The van der Waals surface area contributed by atoms with E-state index < -0.39 is 16.9 Å². The van der Waals surface area contributed by atoms with Gasteiger partial charge in [-0.25, -0.2) is 9.78 Å². The Morgan fingerprint density at radius 2 is 1.86 bits per heavy atom. The van der Waals surface area contributed by atoms with Crippen molar-refractivity contribution in [1.29, 1.82) is 0 Å². The number of benzene rings is 2. The molecule has 0 aliphatic carbocycles. The summed E-state index contributed by atoms with van der Waals surface area (Å²) in [4.78, 5) is 38.6. The van der Waals surface area contributed by atoms with Gasteiger partial charge in [0.2, 0.25) is 0 Å². The van der Waals surface area contributed by atoms with Crippen LogP contribution in [-0.2, 0) is 0 Å². The molecule has 0 saturated carbocycles. The predicted molar refractivity (Wildman–Crippen MR) is 103 cm³/mol. The summed E-state index contributed by atoms with van der Waals surface area (Å²) in [7, 11) is 1.49. The smallest absolute Gasteiger partial charge is 0.318 e. The topological polar surface area (TPSA) is 131 Å². The van der Waals surface area contributed by atoms with Crippen LogP contribution >= 0.6 is 0 Å². The average Bonchev–Trinajstić information content (AvgIpc) is 3.22. The second kappa shape index (κ2) is 7.99. The number of nitrogens with zero attached hydrogens (tertiary/aromatic N) is 3. The van der Waals surface area contributed by atoms with E-state index in [0.717, 1.165) is 0 Å². The van der Waals surface area contributed by atoms with Gasteiger partial charge in [-0.3, -0.25) is 14.9 Å². The standard InChI is InChI=1S/C18H16N6O4/c1-19-18(26)22-14-4-2-3-13(10-14)21-17(25)12-5-6-15(16(9-12)24(27)28)23-8-7-20-11-23/h2-11H,1H3,(H,21,25)(H2,19,22,26). The van der Waals surface area contributed by atoms with Crippen LogP contribution < -0.4 is 16.0 Å². The van der Waals surface area contributed by atoms with Crippen molar-refractivity contribution in [1.82, 2.24) is 14.9 Å². The molecule has 0 spiro atoms. The molecule has 0 aliphatic rings. The number of rotatable bonds is 5. The molecule has 0 atom stereocenters. The van der Waals surface area contributed by atoms with Crippen molar-refractivity contribution in [3.05, 3.63) is 76.9 Å². The monoisotopic (exact) mass is 380 g/mol. The molecule has 2 aromatic carbocycles. The summed E-state index contributed by atoms with van der Waals surface area (Å²) in [5, 5.41) is 19.1. The lowest BCUT2D eigenvalue weighted by Crippen LogP contribution is -2.24. The number of carbonyl (C=O) groups excluding carboxylic acids is 2. The van der Waals surface area contributed by atoms with Gasteiger partial charge in [0.05, 0.1) is 11.3 Å². The minimum absolute atomic E-state index is 0.125. The molecule has 3 N–H and O–H groups in total. The van der Waals surface area contributed by atoms with Gasteiger partial charge >= 0.3 is 6.03 Å². The van der Waals surface area contributed by atoms with Crippen LogP contribution in [-0.4, -0.2) is 33.5 Å². The Morgan fingerprint density at radius 3 is 2.50 bits per heavy atom. The number of nitrogens with one attached hydrogen (secondary N) is 3. The van der Waals surface area contributed by atoms with E-state index in [1.807, 2.05) is 0 Å². The maximum atomic E-state index is 12.5. The molecule has 142 valence electrons. The third kappa shape index (κ3) is 4.12. The highest BCUT2D eigenvalue weighted by Crippen LogP contribution is 2.25. The Bertz CT molecular complexity index is 1030. The number of nitro groups is 1. The van der Waals surface area contributed by atoms with E-state index >= 15 is 0 Å². The van der Waals surface area contributed by atoms with E-state index in [-0.39, 0.29) is 11.3 Å². The molecule has 10 heteroatoms. The third-order valence-electron chi connectivity index (χ3n) is 3.82. The fourth-order valence-electron chi connectivity index (χ4n) is 2.50. The van der Waals surface area contributed by atoms with Crippen molar-refractivity contribution < 1.29 is 14.5 Å². The summed E-state index contributed by atoms with van der Waals surface area (Å²) in [6.45, 7) is 0. The van der Waals surface area contributed by atoms with E-state index in [4.69, 9.17) is 0 Å². The van der Waals surface area contributed by atoms with E-state index in [1.54, 1.807) is 30.5 Å². The van der Waals surface area contributed by atoms with Gasteiger partial charge in [0.25, 0.3) is 11.6 Å². The average molecular weight is 380 g/mol. The molecule has 0 radical (unpaired) electrons. The number of urea groups is 1. The van der Waals surface area contributed by atoms with Gasteiger partial charge in [-0.1, -0.05) is 6.07 Å². The molecule has 0 unspecified atom stereocenters. The van der Waals surface area contributed by atoms with Crippen LogP contribution in [0.25, 0.3) is 5.69 Å². The molecular formula is C18H16N6O4. The van der Waals surface area contributed by atoms with Gasteiger partial charge in [-0.05, 0) is 30.3 Å². The summed E-state index contributed by atoms with van der Waals surface area (Å²) in [6, 6.07) is 10.3. The van der Waals surface area contributed by atoms with Crippen LogP contribution in [0.4, 0.5) is 21.9 Å². The molecule has 1 aromatic heterocycles. The molecule has 0 aliphatic heterocycles. The second-order valence-corrected chi connectivity index (χ2v) is 5.67. The quantitative estimate of drug-likeness (QED) is 0.463. The Hall–Kier alpha value is -4.21. The first-order valence-electron chi connectivity index (χ1n) is 8.15.